The van der Waals surface area contributed by atoms with Crippen LogP contribution >= 0.6 is 34.4 Å². The molecule has 2 aliphatic carbocycles. The highest BCUT2D eigenvalue weighted by Crippen LogP contribution is 2.44. The number of aromatic nitrogens is 7. The van der Waals surface area contributed by atoms with E-state index in [-0.39, 0.29) is 51.7 Å². The third-order valence-corrected chi connectivity index (χ3v) is 19.4. The number of carbonyl (C=O) groups is 3. The zero-order valence-corrected chi connectivity index (χ0v) is 60.3. The number of nitrogens with zero attached hydrogens (tertiary/aromatic N) is 9. The van der Waals surface area contributed by atoms with Gasteiger partial charge in [0.25, 0.3) is 5.91 Å². The molecule has 2 fully saturated rings. The number of aliphatic hydroxyl groups excluding tert-OH is 1. The summed E-state index contributed by atoms with van der Waals surface area (Å²) in [6, 6.07) is 22.7. The van der Waals surface area contributed by atoms with Crippen molar-refractivity contribution in [1.29, 1.82) is 0 Å². The molecule has 4 aromatic carbocycles. The second kappa shape index (κ2) is 33.1. The molecule has 9 N–H and O–H groups in total. The van der Waals surface area contributed by atoms with E-state index in [4.69, 9.17) is 30.8 Å². The number of Topliss-reactive ketones (excluding diaryl/α,β-unsaturated/α-hetero) is 1. The number of hydrogen-bond acceptors (Lipinski definition) is 19. The quantitative estimate of drug-likeness (QED) is 0.0310. The van der Waals surface area contributed by atoms with Gasteiger partial charge in [0.15, 0.2) is 39.4 Å². The van der Waals surface area contributed by atoms with Crippen LogP contribution in [-0.4, -0.2) is 125 Å². The number of fused-ring (bicyclic) bond motifs is 2. The standard InChI is InChI=1S/C27H33N3O4.C24H31N3O3.C19H25IN6OS.CH3NS/c1-4-28-27(33)25-24(19-10-8-18(9-11-19)16-30-12-6-5-7-13-30)26(34-29-25)21-14-20(17(2)3)22(31)15-23(21)32;1-14-22-20(12-24(2,3)13-21(22)29)27(26-14)17-6-9-19(23(25)30)16(11-17)10-15-4-7-18(28)8-5-15;1-19(2,3)10-22-7-8-26-17-15(16(21)23-11-24-17)25-18(26)28-14-9-12(27-4)5-6-13(14)20;1-2-3/h8-11,14-15,17,31-32H,4-7,12-13,16H2,1-3H3,(H,28,33);6,9,11,15,18,28H,4-5,7-8,10,12-13H2,1-3H3,(H2,25,30);5-6,9,11,22H,7-8,10H2,1-4H3,(H2,21,23,24);1H3. The van der Waals surface area contributed by atoms with Crippen molar-refractivity contribution in [2.45, 2.75) is 162 Å². The van der Waals surface area contributed by atoms with E-state index in [9.17, 15) is 29.7 Å². The van der Waals surface area contributed by atoms with Crippen LogP contribution in [0.4, 0.5) is 5.82 Å². The molecular formula is C71H92IN13O8S2. The van der Waals surface area contributed by atoms with Gasteiger partial charge in [-0.25, -0.2) is 24.0 Å². The van der Waals surface area contributed by atoms with Crippen LogP contribution in [0.15, 0.2) is 98.1 Å². The lowest BCUT2D eigenvalue weighted by atomic mass is 9.75. The molecule has 24 heteroatoms. The number of nitrogen functional groups attached to an aromatic ring is 1. The van der Waals surface area contributed by atoms with Crippen LogP contribution < -0.4 is 26.8 Å². The highest BCUT2D eigenvalue weighted by molar-refractivity contribution is 14.1. The number of phenolic OH excluding ortho intramolecular Hbond substituents is 2. The number of aromatic hydroxyl groups is 2. The highest BCUT2D eigenvalue weighted by Gasteiger charge is 2.36. The van der Waals surface area contributed by atoms with Crippen LogP contribution in [0.3, 0.4) is 0 Å². The van der Waals surface area contributed by atoms with Crippen molar-refractivity contribution in [3.8, 4) is 45.4 Å². The monoisotopic (exact) mass is 1450 g/mol. The average Bonchev–Trinajstić information content (AvgIpc) is 1.65. The Hall–Kier alpha value is -7.36. The van der Waals surface area contributed by atoms with E-state index in [1.54, 1.807) is 38.1 Å². The Kier molecular flexibility index (Phi) is 25.6. The Labute approximate surface area is 580 Å². The van der Waals surface area contributed by atoms with Crippen LogP contribution in [-0.2, 0) is 38.4 Å². The van der Waals surface area contributed by atoms with Gasteiger partial charge in [-0.2, -0.15) is 5.10 Å². The number of imidazole rings is 1. The summed E-state index contributed by atoms with van der Waals surface area (Å²) >= 11 is 7.92. The third kappa shape index (κ3) is 19.0. The summed E-state index contributed by atoms with van der Waals surface area (Å²) in [4.78, 5) is 54.3. The van der Waals surface area contributed by atoms with Crippen LogP contribution in [0.2, 0.25) is 0 Å². The van der Waals surface area contributed by atoms with E-state index >= 15 is 0 Å². The predicted molar refractivity (Wildman–Crippen MR) is 384 cm³/mol. The largest absolute Gasteiger partial charge is 0.508 e. The van der Waals surface area contributed by atoms with Crippen molar-refractivity contribution in [3.05, 3.63) is 128 Å². The number of methoxy groups -OCH3 is 1. The normalized spacial score (nSPS) is 16.2. The molecule has 5 heterocycles. The number of phenols is 2. The Balaban J connectivity index is 0.000000179. The van der Waals surface area contributed by atoms with E-state index in [1.807, 2.05) is 74.8 Å². The third-order valence-electron chi connectivity index (χ3n) is 17.0. The average molecular weight is 1450 g/mol. The maximum absolute atomic E-state index is 12.8. The van der Waals surface area contributed by atoms with Gasteiger partial charge < -0.3 is 51.2 Å². The number of aliphatic hydroxyl groups is 1. The van der Waals surface area contributed by atoms with Crippen LogP contribution in [0.25, 0.3) is 39.3 Å². The van der Waals surface area contributed by atoms with Crippen molar-refractivity contribution in [3.63, 3.8) is 0 Å². The van der Waals surface area contributed by atoms with Gasteiger partial charge in [0.1, 0.15) is 23.6 Å². The number of aryl methyl sites for hydroxylation is 1. The topological polar surface area (TPSA) is 300 Å². The second-order valence-corrected chi connectivity index (χ2v) is 29.4. The molecule has 1 aliphatic heterocycles. The Morgan fingerprint density at radius 1 is 0.958 bits per heavy atom. The molecule has 0 bridgehead atoms. The van der Waals surface area contributed by atoms with Crippen molar-refractivity contribution in [2.75, 3.05) is 52.6 Å². The molecule has 4 aromatic heterocycles. The Bertz CT molecular complexity index is 3980. The molecule has 1 saturated heterocycles. The number of amides is 2. The molecule has 21 nitrogen and oxygen atoms in total. The minimum Gasteiger partial charge on any atom is -0.508 e. The van der Waals surface area contributed by atoms with Gasteiger partial charge in [0.05, 0.1) is 47.0 Å². The van der Waals surface area contributed by atoms with Gasteiger partial charge in [-0.15, -0.1) is 0 Å². The summed E-state index contributed by atoms with van der Waals surface area (Å²) < 4.78 is 19.2. The number of ether oxygens (including phenoxy) is 1. The fourth-order valence-corrected chi connectivity index (χ4v) is 13.9. The number of likely N-dealkylation sites (tertiary alicyclic amines) is 1. The molecule has 95 heavy (non-hydrogen) atoms. The van der Waals surface area contributed by atoms with Gasteiger partial charge in [-0.1, -0.05) is 96.1 Å². The molecule has 2 amide bonds. The van der Waals surface area contributed by atoms with Crippen LogP contribution in [0.5, 0.6) is 17.2 Å². The number of primary amides is 1. The first kappa shape index (κ1) is 73.4. The summed E-state index contributed by atoms with van der Waals surface area (Å²) in [6.45, 7) is 24.6. The van der Waals surface area contributed by atoms with E-state index in [0.29, 0.717) is 58.2 Å². The summed E-state index contributed by atoms with van der Waals surface area (Å²) in [6.07, 6.45) is 10.6. The lowest BCUT2D eigenvalue weighted by molar-refractivity contribution is 0.0907. The second-order valence-electron chi connectivity index (χ2n) is 26.9. The molecule has 508 valence electrons. The minimum absolute atomic E-state index is 0.0170. The van der Waals surface area contributed by atoms with Crippen molar-refractivity contribution in [2.24, 2.45) is 26.8 Å². The highest BCUT2D eigenvalue weighted by atomic mass is 127. The van der Waals surface area contributed by atoms with Gasteiger partial charge in [0, 0.05) is 78.7 Å². The zero-order chi connectivity index (χ0) is 68.9. The van der Waals surface area contributed by atoms with Crippen molar-refractivity contribution in [1.82, 2.24) is 50.0 Å². The van der Waals surface area contributed by atoms with Crippen LogP contribution in [0, 0.1) is 27.2 Å². The van der Waals surface area contributed by atoms with Crippen molar-refractivity contribution >= 4 is 81.4 Å². The summed E-state index contributed by atoms with van der Waals surface area (Å²) in [5.74, 6) is 1.23. The van der Waals surface area contributed by atoms with Gasteiger partial charge >= 0.3 is 0 Å². The van der Waals surface area contributed by atoms with E-state index < -0.39 is 5.91 Å². The molecule has 0 spiro atoms. The lowest BCUT2D eigenvalue weighted by Crippen LogP contribution is -2.29. The number of nitrogens with two attached hydrogens (primary N) is 2. The number of anilines is 1. The maximum atomic E-state index is 12.8. The zero-order valence-electron chi connectivity index (χ0n) is 56.5. The number of rotatable bonds is 18. The van der Waals surface area contributed by atoms with E-state index in [0.717, 1.165) is 137 Å². The van der Waals surface area contributed by atoms with Gasteiger partial charge in [-0.05, 0) is 188 Å². The summed E-state index contributed by atoms with van der Waals surface area (Å²) in [5, 5.41) is 46.6. The van der Waals surface area contributed by atoms with Gasteiger partial charge in [0.2, 0.25) is 5.91 Å². The fraction of sp³-hybridized carbons (Fsp3) is 0.465. The predicted octanol–water partition coefficient (Wildman–Crippen LogP) is 13.0. The number of hydrogen-bond donors (Lipinski definition) is 7. The summed E-state index contributed by atoms with van der Waals surface area (Å²) in [5.41, 5.74) is 21.7. The van der Waals surface area contributed by atoms with E-state index in [2.05, 4.69) is 121 Å². The number of benzene rings is 4. The maximum Gasteiger partial charge on any atom is 0.274 e. The smallest absolute Gasteiger partial charge is 0.274 e. The first-order valence-corrected chi connectivity index (χ1v) is 34.8. The minimum atomic E-state index is -0.428. The number of piperidine rings is 1. The molecular weight excluding hydrogens is 1350 g/mol. The van der Waals surface area contributed by atoms with Crippen LogP contribution in [0.1, 0.15) is 172 Å². The molecule has 11 rings (SSSR count). The Morgan fingerprint density at radius 2 is 1.66 bits per heavy atom. The molecule has 3 aliphatic rings. The first-order chi connectivity index (χ1) is 45.2. The van der Waals surface area contributed by atoms with E-state index in [1.165, 1.54) is 37.2 Å². The SMILES string of the molecule is CCNC(=O)c1noc(-c2cc(C(C)C)c(O)cc2O)c1-c1ccc(CN2CCCCC2)cc1.CN=S.COc1ccc(I)c(Sc2nc3c(N)ncnc3n2CCNCC(C)(C)C)c1.Cc1nn(-c2ccc(C(N)=O)c(CC3CCC(O)CC3)c2)c2c1C(=O)CC(C)(C)C2. The number of ketones is 1. The molecule has 8 aromatic rings. The first-order valence-electron chi connectivity index (χ1n) is 32.5. The Morgan fingerprint density at radius 3 is 2.32 bits per heavy atom. The fourth-order valence-electron chi connectivity index (χ4n) is 12.3. The molecule has 1 saturated carbocycles. The number of carbonyl (C=O) groups excluding carboxylic acids is 3. The summed E-state index contributed by atoms with van der Waals surface area (Å²) in [7, 11) is 3.23. The molecule has 0 unspecified atom stereocenters. The lowest BCUT2D eigenvalue weighted by Gasteiger charge is -2.29. The van der Waals surface area contributed by atoms with Gasteiger partial charge in [-0.3, -0.25) is 19.3 Å². The molecule has 0 atom stereocenters. The van der Waals surface area contributed by atoms with Crippen molar-refractivity contribution < 1.29 is 39.0 Å². The molecule has 0 radical (unpaired) electrons. The number of nitrogens with one attached hydrogen (secondary N) is 2. The number of halogens is 1.